The van der Waals surface area contributed by atoms with E-state index in [2.05, 4.69) is 38.7 Å². The molecule has 0 radical (unpaired) electrons. The Morgan fingerprint density at radius 2 is 1.83 bits per heavy atom. The fourth-order valence-corrected chi connectivity index (χ4v) is 1.86. The van der Waals surface area contributed by atoms with Crippen molar-refractivity contribution in [2.75, 3.05) is 0 Å². The van der Waals surface area contributed by atoms with Gasteiger partial charge in [0.15, 0.2) is 0 Å². The van der Waals surface area contributed by atoms with Gasteiger partial charge in [0.25, 0.3) is 0 Å². The van der Waals surface area contributed by atoms with Gasteiger partial charge in [-0.1, -0.05) is 28.6 Å². The van der Waals surface area contributed by atoms with Gasteiger partial charge in [-0.25, -0.2) is 0 Å². The van der Waals surface area contributed by atoms with Crippen molar-refractivity contribution in [1.82, 2.24) is 0 Å². The van der Waals surface area contributed by atoms with Crippen molar-refractivity contribution in [3.8, 4) is 0 Å². The molecule has 0 amide bonds. The van der Waals surface area contributed by atoms with Crippen LogP contribution < -0.4 is 0 Å². The molecule has 1 heteroatoms. The first-order valence-corrected chi connectivity index (χ1v) is 7.37. The molecule has 0 spiro atoms. The zero-order chi connectivity index (χ0) is 9.40. The Kier molecular flexibility index (Phi) is 7.66. The van der Waals surface area contributed by atoms with Crippen LogP contribution in [0.1, 0.15) is 33.6 Å². The summed E-state index contributed by atoms with van der Waals surface area (Å²) in [4.78, 5) is 0. The van der Waals surface area contributed by atoms with Crippen molar-refractivity contribution in [3.05, 3.63) is 23.3 Å². The number of hydrogen-bond acceptors (Lipinski definition) is 0. The molecule has 0 saturated heterocycles. The van der Waals surface area contributed by atoms with Crippen molar-refractivity contribution in [2.45, 2.75) is 44.7 Å². The Balaban J connectivity index is 3.56. The SMILES string of the molecule is [CH3][AlH][CH2]/C=C(\C)CCC=C(C)C. The minimum atomic E-state index is 0.240. The summed E-state index contributed by atoms with van der Waals surface area (Å²) in [6.45, 7) is 6.58. The third-order valence-corrected chi connectivity index (χ3v) is 2.74. The van der Waals surface area contributed by atoms with E-state index in [1.54, 1.807) is 5.57 Å². The van der Waals surface area contributed by atoms with Gasteiger partial charge in [-0.15, -0.1) is 5.79 Å². The molecular weight excluding hydrogens is 159 g/mol. The molecule has 0 nitrogen and oxygen atoms in total. The molecule has 0 bridgehead atoms. The molecule has 0 aromatic heterocycles. The van der Waals surface area contributed by atoms with Gasteiger partial charge in [-0.05, 0) is 33.6 Å². The first-order chi connectivity index (χ1) is 5.66. The Morgan fingerprint density at radius 3 is 2.33 bits per heavy atom. The van der Waals surface area contributed by atoms with Crippen LogP contribution in [0.25, 0.3) is 0 Å². The lowest BCUT2D eigenvalue weighted by molar-refractivity contribution is 0.963. The summed E-state index contributed by atoms with van der Waals surface area (Å²) in [5.41, 5.74) is 3.01. The van der Waals surface area contributed by atoms with Crippen LogP contribution in [0.15, 0.2) is 23.3 Å². The molecule has 0 fully saturated rings. The minimum Gasteiger partial charge on any atom is -0.109 e. The van der Waals surface area contributed by atoms with Crippen LogP contribution in [0.3, 0.4) is 0 Å². The van der Waals surface area contributed by atoms with E-state index >= 15 is 0 Å². The van der Waals surface area contributed by atoms with Gasteiger partial charge >= 0.3 is 0 Å². The molecule has 0 rings (SSSR count). The number of allylic oxidation sites excluding steroid dienone is 4. The maximum absolute atomic E-state index is 2.42. The van der Waals surface area contributed by atoms with Crippen molar-refractivity contribution in [1.29, 1.82) is 0 Å². The second-order valence-electron chi connectivity index (χ2n) is 3.66. The molecule has 0 N–H and O–H groups in total. The largest absolute Gasteiger partial charge is 0.238 e. The molecule has 0 aromatic rings. The molecule has 0 atom stereocenters. The fourth-order valence-electron chi connectivity index (χ4n) is 1.08. The Morgan fingerprint density at radius 1 is 1.17 bits per heavy atom. The summed E-state index contributed by atoms with van der Waals surface area (Å²) in [5.74, 6) is 2.36. The predicted octanol–water partition coefficient (Wildman–Crippen LogP) is 3.58. The van der Waals surface area contributed by atoms with Crippen LogP contribution in [-0.2, 0) is 0 Å². The number of hydrogen-bond donors (Lipinski definition) is 0. The van der Waals surface area contributed by atoms with Gasteiger partial charge in [0, 0.05) is 0 Å². The molecule has 0 aliphatic rings. The zero-order valence-electron chi connectivity index (χ0n) is 8.98. The summed E-state index contributed by atoms with van der Waals surface area (Å²) in [6, 6.07) is 0. The molecule has 68 valence electrons. The van der Waals surface area contributed by atoms with E-state index in [4.69, 9.17) is 0 Å². The summed E-state index contributed by atoms with van der Waals surface area (Å²) in [5, 5.41) is 1.38. The van der Waals surface area contributed by atoms with Crippen LogP contribution in [0.5, 0.6) is 0 Å². The van der Waals surface area contributed by atoms with E-state index in [1.165, 1.54) is 23.7 Å². The van der Waals surface area contributed by atoms with Crippen LogP contribution in [0, 0.1) is 0 Å². The third-order valence-electron chi connectivity index (χ3n) is 1.87. The van der Waals surface area contributed by atoms with E-state index in [9.17, 15) is 0 Å². The summed E-state index contributed by atoms with van der Waals surface area (Å²) >= 11 is 0.240. The van der Waals surface area contributed by atoms with Gasteiger partial charge in [0.1, 0.15) is 0 Å². The highest BCUT2D eigenvalue weighted by Gasteiger charge is 1.88. The second kappa shape index (κ2) is 7.65. The van der Waals surface area contributed by atoms with Gasteiger partial charge in [0.05, 0.1) is 0 Å². The average Bonchev–Trinajstić information content (AvgIpc) is 2.00. The smallest absolute Gasteiger partial charge is 0.109 e. The second-order valence-corrected chi connectivity index (χ2v) is 5.24. The highest BCUT2D eigenvalue weighted by molar-refractivity contribution is 6.34. The summed E-state index contributed by atoms with van der Waals surface area (Å²) < 4.78 is 0. The Bertz CT molecular complexity index is 162. The van der Waals surface area contributed by atoms with E-state index in [0.29, 0.717) is 0 Å². The van der Waals surface area contributed by atoms with Crippen molar-refractivity contribution < 1.29 is 0 Å². The maximum Gasteiger partial charge on any atom is 0.238 e. The lowest BCUT2D eigenvalue weighted by Crippen LogP contribution is -1.80. The van der Waals surface area contributed by atoms with Crippen molar-refractivity contribution in [3.63, 3.8) is 0 Å². The average molecular weight is 180 g/mol. The van der Waals surface area contributed by atoms with Crippen LogP contribution in [0.2, 0.25) is 11.1 Å². The molecule has 0 unspecified atom stereocenters. The molecule has 0 aliphatic heterocycles. The molecular formula is C11H21Al. The van der Waals surface area contributed by atoms with E-state index in [-0.39, 0.29) is 15.2 Å². The fraction of sp³-hybridized carbons (Fsp3) is 0.636. The van der Waals surface area contributed by atoms with E-state index < -0.39 is 0 Å². The molecule has 12 heavy (non-hydrogen) atoms. The quantitative estimate of drug-likeness (QED) is 0.448. The zero-order valence-corrected chi connectivity index (χ0v) is 10.4. The highest BCUT2D eigenvalue weighted by atomic mass is 27.1. The van der Waals surface area contributed by atoms with Crippen molar-refractivity contribution in [2.24, 2.45) is 0 Å². The van der Waals surface area contributed by atoms with E-state index in [1.807, 2.05) is 0 Å². The normalized spacial score (nSPS) is 11.2. The lowest BCUT2D eigenvalue weighted by Gasteiger charge is -1.97. The van der Waals surface area contributed by atoms with Gasteiger partial charge < -0.3 is 0 Å². The monoisotopic (exact) mass is 180 g/mol. The molecule has 0 heterocycles. The standard InChI is InChI=1S/C10H17.CH3.Al.H/c1-5-10(4)8-6-7-9(2)3;;;/h5,7H,1,6,8H2,2-4H3;1H3;;/b10-5+;;;. The Labute approximate surface area is 83.5 Å². The topological polar surface area (TPSA) is 0 Å². The van der Waals surface area contributed by atoms with Gasteiger partial charge in [0.2, 0.25) is 15.2 Å². The summed E-state index contributed by atoms with van der Waals surface area (Å²) in [7, 11) is 0. The summed E-state index contributed by atoms with van der Waals surface area (Å²) in [6.07, 6.45) is 7.21. The third kappa shape index (κ3) is 8.11. The molecule has 0 aromatic carbocycles. The first kappa shape index (κ1) is 12.0. The predicted molar refractivity (Wildman–Crippen MR) is 60.2 cm³/mol. The first-order valence-electron chi connectivity index (χ1n) is 4.95. The van der Waals surface area contributed by atoms with Crippen LogP contribution >= 0.6 is 0 Å². The minimum absolute atomic E-state index is 0.240. The lowest BCUT2D eigenvalue weighted by atomic mass is 10.1. The Hall–Kier alpha value is 0.0125. The maximum atomic E-state index is 2.42. The van der Waals surface area contributed by atoms with Crippen molar-refractivity contribution >= 4 is 15.2 Å². The van der Waals surface area contributed by atoms with Gasteiger partial charge in [-0.2, -0.15) is 0 Å². The van der Waals surface area contributed by atoms with Gasteiger partial charge in [-0.3, -0.25) is 0 Å². The van der Waals surface area contributed by atoms with E-state index in [0.717, 1.165) is 0 Å². The van der Waals surface area contributed by atoms with Crippen LogP contribution in [-0.4, -0.2) is 15.2 Å². The molecule has 0 aliphatic carbocycles. The highest BCUT2D eigenvalue weighted by Crippen LogP contribution is 2.07. The molecule has 0 saturated carbocycles. The number of rotatable bonds is 5. The van der Waals surface area contributed by atoms with Crippen LogP contribution in [0.4, 0.5) is 0 Å².